The number of amides is 2. The van der Waals surface area contributed by atoms with E-state index in [1.165, 1.54) is 4.90 Å². The summed E-state index contributed by atoms with van der Waals surface area (Å²) in [6.45, 7) is 3.81. The van der Waals surface area contributed by atoms with Gasteiger partial charge in [0.2, 0.25) is 12.3 Å². The standard InChI is InChI=1S/C10H13NOS.C5H12N2O/c1-8(11-7-12)9-3-5-10(13-2)6-4-9;1-4(6)2-3-5(7)8/h3-8H,1-2H3,(H,11,12);4H,2-3,6H2,1H3,(H2,7,8). The molecule has 0 bridgehead atoms. The van der Waals surface area contributed by atoms with Crippen LogP contribution in [0.5, 0.6) is 0 Å². The average molecular weight is 311 g/mol. The second-order valence-electron chi connectivity index (χ2n) is 4.76. The van der Waals surface area contributed by atoms with E-state index in [-0.39, 0.29) is 18.0 Å². The summed E-state index contributed by atoms with van der Waals surface area (Å²) >= 11 is 1.71. The van der Waals surface area contributed by atoms with Crippen LogP contribution in [0.4, 0.5) is 0 Å². The molecule has 2 unspecified atom stereocenters. The van der Waals surface area contributed by atoms with Crippen LogP contribution in [0, 0.1) is 0 Å². The molecule has 118 valence electrons. The van der Waals surface area contributed by atoms with E-state index in [0.717, 1.165) is 12.0 Å². The zero-order valence-corrected chi connectivity index (χ0v) is 13.7. The fourth-order valence-corrected chi connectivity index (χ4v) is 1.87. The first-order valence-corrected chi connectivity index (χ1v) is 8.00. The lowest BCUT2D eigenvalue weighted by Gasteiger charge is -2.10. The maximum absolute atomic E-state index is 10.2. The second kappa shape index (κ2) is 11.2. The molecule has 6 heteroatoms. The van der Waals surface area contributed by atoms with Gasteiger partial charge in [-0.15, -0.1) is 11.8 Å². The predicted molar refractivity (Wildman–Crippen MR) is 87.9 cm³/mol. The van der Waals surface area contributed by atoms with Crippen molar-refractivity contribution >= 4 is 24.1 Å². The zero-order chi connectivity index (χ0) is 16.3. The third-order valence-corrected chi connectivity index (χ3v) is 3.52. The summed E-state index contributed by atoms with van der Waals surface area (Å²) in [6.07, 6.45) is 3.86. The molecule has 5 N–H and O–H groups in total. The van der Waals surface area contributed by atoms with Crippen LogP contribution in [0.2, 0.25) is 0 Å². The molecule has 2 amide bonds. The number of carbonyl (C=O) groups excluding carboxylic acids is 2. The molecule has 0 aliphatic heterocycles. The minimum atomic E-state index is -0.276. The highest BCUT2D eigenvalue weighted by Gasteiger charge is 2.02. The van der Waals surface area contributed by atoms with Crippen molar-refractivity contribution in [1.82, 2.24) is 5.32 Å². The van der Waals surface area contributed by atoms with Gasteiger partial charge in [-0.1, -0.05) is 12.1 Å². The Morgan fingerprint density at radius 3 is 2.24 bits per heavy atom. The van der Waals surface area contributed by atoms with Gasteiger partial charge in [-0.3, -0.25) is 9.59 Å². The SMILES string of the molecule is CC(N)CCC(N)=O.CSc1ccc(C(C)NC=O)cc1. The van der Waals surface area contributed by atoms with Gasteiger partial charge in [-0.05, 0) is 44.2 Å². The van der Waals surface area contributed by atoms with Gasteiger partial charge in [0.25, 0.3) is 0 Å². The molecule has 0 heterocycles. The van der Waals surface area contributed by atoms with Gasteiger partial charge < -0.3 is 16.8 Å². The Labute approximate surface area is 130 Å². The van der Waals surface area contributed by atoms with Gasteiger partial charge in [0, 0.05) is 17.4 Å². The van der Waals surface area contributed by atoms with Crippen LogP contribution in [0.15, 0.2) is 29.2 Å². The highest BCUT2D eigenvalue weighted by Crippen LogP contribution is 2.18. The molecule has 1 rings (SSSR count). The molecule has 0 aliphatic carbocycles. The summed E-state index contributed by atoms with van der Waals surface area (Å²) < 4.78 is 0. The Balaban J connectivity index is 0.000000433. The molecule has 0 fully saturated rings. The third-order valence-electron chi connectivity index (χ3n) is 2.78. The molecule has 0 aromatic heterocycles. The van der Waals surface area contributed by atoms with Gasteiger partial charge in [0.15, 0.2) is 0 Å². The molecule has 2 atom stereocenters. The molecule has 1 aromatic rings. The highest BCUT2D eigenvalue weighted by atomic mass is 32.2. The van der Waals surface area contributed by atoms with Crippen molar-refractivity contribution in [2.24, 2.45) is 11.5 Å². The third kappa shape index (κ3) is 9.92. The molecule has 0 aliphatic rings. The Hall–Kier alpha value is -1.53. The van der Waals surface area contributed by atoms with Crippen molar-refractivity contribution in [2.75, 3.05) is 6.26 Å². The first kappa shape index (κ1) is 19.5. The van der Waals surface area contributed by atoms with Gasteiger partial charge >= 0.3 is 0 Å². The van der Waals surface area contributed by atoms with Crippen molar-refractivity contribution in [3.05, 3.63) is 29.8 Å². The Morgan fingerprint density at radius 1 is 1.33 bits per heavy atom. The summed E-state index contributed by atoms with van der Waals surface area (Å²) in [7, 11) is 0. The fraction of sp³-hybridized carbons (Fsp3) is 0.467. The summed E-state index contributed by atoms with van der Waals surface area (Å²) in [5, 5.41) is 2.71. The quantitative estimate of drug-likeness (QED) is 0.528. The Kier molecular flexibility index (Phi) is 10.4. The highest BCUT2D eigenvalue weighted by molar-refractivity contribution is 7.98. The fourth-order valence-electron chi connectivity index (χ4n) is 1.46. The van der Waals surface area contributed by atoms with Crippen molar-refractivity contribution in [3.8, 4) is 0 Å². The van der Waals surface area contributed by atoms with E-state index in [1.54, 1.807) is 11.8 Å². The normalized spacial score (nSPS) is 12.6. The van der Waals surface area contributed by atoms with Crippen LogP contribution >= 0.6 is 11.8 Å². The topological polar surface area (TPSA) is 98.2 Å². The van der Waals surface area contributed by atoms with Crippen LogP contribution < -0.4 is 16.8 Å². The maximum atomic E-state index is 10.2. The summed E-state index contributed by atoms with van der Waals surface area (Å²) in [5.74, 6) is -0.276. The first-order chi connectivity index (χ1) is 9.90. The minimum Gasteiger partial charge on any atom is -0.370 e. The number of nitrogens with two attached hydrogens (primary N) is 2. The second-order valence-corrected chi connectivity index (χ2v) is 5.64. The number of rotatable bonds is 7. The number of carbonyl (C=O) groups is 2. The van der Waals surface area contributed by atoms with E-state index < -0.39 is 0 Å². The van der Waals surface area contributed by atoms with Crippen LogP contribution in [-0.2, 0) is 9.59 Å². The predicted octanol–water partition coefficient (Wildman–Crippen LogP) is 1.81. The van der Waals surface area contributed by atoms with Gasteiger partial charge in [0.05, 0.1) is 6.04 Å². The zero-order valence-electron chi connectivity index (χ0n) is 12.8. The number of primary amides is 1. The van der Waals surface area contributed by atoms with Gasteiger partial charge in [0.1, 0.15) is 0 Å². The van der Waals surface area contributed by atoms with Crippen LogP contribution in [0.3, 0.4) is 0 Å². The molecule has 0 spiro atoms. The number of nitrogens with one attached hydrogen (secondary N) is 1. The first-order valence-electron chi connectivity index (χ1n) is 6.78. The number of thioether (sulfide) groups is 1. The summed E-state index contributed by atoms with van der Waals surface area (Å²) in [5.41, 5.74) is 11.3. The lowest BCUT2D eigenvalue weighted by molar-refractivity contribution is -0.118. The molecule has 0 saturated carbocycles. The molecule has 0 saturated heterocycles. The monoisotopic (exact) mass is 311 g/mol. The van der Waals surface area contributed by atoms with E-state index in [2.05, 4.69) is 17.4 Å². The number of hydrogen-bond donors (Lipinski definition) is 3. The summed E-state index contributed by atoms with van der Waals surface area (Å²) in [6, 6.07) is 8.36. The van der Waals surface area contributed by atoms with E-state index in [4.69, 9.17) is 11.5 Å². The van der Waals surface area contributed by atoms with E-state index >= 15 is 0 Å². The molecule has 0 radical (unpaired) electrons. The Morgan fingerprint density at radius 2 is 1.90 bits per heavy atom. The van der Waals surface area contributed by atoms with Gasteiger partial charge in [-0.25, -0.2) is 0 Å². The van der Waals surface area contributed by atoms with E-state index in [0.29, 0.717) is 12.8 Å². The number of benzene rings is 1. The summed E-state index contributed by atoms with van der Waals surface area (Å²) in [4.78, 5) is 21.5. The molecule has 21 heavy (non-hydrogen) atoms. The van der Waals surface area contributed by atoms with Crippen LogP contribution in [0.25, 0.3) is 0 Å². The number of hydrogen-bond acceptors (Lipinski definition) is 4. The lowest BCUT2D eigenvalue weighted by atomic mass is 10.1. The smallest absolute Gasteiger partial charge is 0.217 e. The van der Waals surface area contributed by atoms with E-state index in [9.17, 15) is 9.59 Å². The van der Waals surface area contributed by atoms with Crippen LogP contribution in [-0.4, -0.2) is 24.6 Å². The van der Waals surface area contributed by atoms with Crippen molar-refractivity contribution < 1.29 is 9.59 Å². The average Bonchev–Trinajstić information content (AvgIpc) is 2.46. The van der Waals surface area contributed by atoms with Crippen LogP contribution in [0.1, 0.15) is 38.3 Å². The van der Waals surface area contributed by atoms with E-state index in [1.807, 2.05) is 32.2 Å². The van der Waals surface area contributed by atoms with Crippen molar-refractivity contribution in [3.63, 3.8) is 0 Å². The lowest BCUT2D eigenvalue weighted by Crippen LogP contribution is -2.19. The van der Waals surface area contributed by atoms with Gasteiger partial charge in [-0.2, -0.15) is 0 Å². The maximum Gasteiger partial charge on any atom is 0.217 e. The largest absolute Gasteiger partial charge is 0.370 e. The molecule has 5 nitrogen and oxygen atoms in total. The molecular formula is C15H25N3O2S. The minimum absolute atomic E-state index is 0.0856. The molecular weight excluding hydrogens is 286 g/mol. The molecule has 1 aromatic carbocycles. The van der Waals surface area contributed by atoms with Crippen molar-refractivity contribution in [1.29, 1.82) is 0 Å². The Bertz CT molecular complexity index is 421. The van der Waals surface area contributed by atoms with Crippen molar-refractivity contribution in [2.45, 2.75) is 43.7 Å².